The summed E-state index contributed by atoms with van der Waals surface area (Å²) in [5.74, 6) is 3.09. The third kappa shape index (κ3) is 5.25. The van der Waals surface area contributed by atoms with Crippen LogP contribution in [0.3, 0.4) is 0 Å². The molecule has 0 saturated heterocycles. The van der Waals surface area contributed by atoms with Gasteiger partial charge in [-0.3, -0.25) is 0 Å². The fraction of sp³-hybridized carbons (Fsp3) is 0.0351. The highest BCUT2D eigenvalue weighted by molar-refractivity contribution is 7.26. The van der Waals surface area contributed by atoms with Crippen molar-refractivity contribution in [2.75, 3.05) is 0 Å². The standard InChI is InChI=1S/C57H33N3O2S/c1-2-10-33(11-3-1)37-28-29-48-53-51(37)45-30-35(24-26-38(45)42-14-9-18-47(62-48)52(42)53)32-20-22-34(23-21-32)55-58-56(36-25-27-40-39-12-4-6-17-46(39)61-49(40)31-36)60-57(59-55)44-16-8-15-43-41-13-5-7-19-50(41)63-54(43)44/h1-13,15-31,42H,14H2. The van der Waals surface area contributed by atoms with Crippen LogP contribution in [0.1, 0.15) is 29.2 Å². The van der Waals surface area contributed by atoms with E-state index in [1.54, 1.807) is 11.3 Å². The highest BCUT2D eigenvalue weighted by Crippen LogP contribution is 2.54. The largest absolute Gasteiger partial charge is 0.456 e. The molecule has 0 N–H and O–H groups in total. The fourth-order valence-corrected chi connectivity index (χ4v) is 11.4. The Balaban J connectivity index is 0.909. The predicted octanol–water partition coefficient (Wildman–Crippen LogP) is 15.7. The lowest BCUT2D eigenvalue weighted by molar-refractivity contribution is 0.590. The third-order valence-electron chi connectivity index (χ3n) is 13.1. The third-order valence-corrected chi connectivity index (χ3v) is 14.3. The first kappa shape index (κ1) is 34.7. The molecule has 5 nitrogen and oxygen atoms in total. The second-order valence-corrected chi connectivity index (χ2v) is 17.6. The summed E-state index contributed by atoms with van der Waals surface area (Å²) < 4.78 is 15.2. The number of aromatic nitrogens is 3. The van der Waals surface area contributed by atoms with Crippen LogP contribution in [0.5, 0.6) is 0 Å². The molecule has 0 amide bonds. The molecule has 4 heterocycles. The van der Waals surface area contributed by atoms with Gasteiger partial charge >= 0.3 is 0 Å². The second-order valence-electron chi connectivity index (χ2n) is 16.6. The molecule has 63 heavy (non-hydrogen) atoms. The normalized spacial score (nSPS) is 14.1. The maximum atomic E-state index is 6.51. The van der Waals surface area contributed by atoms with E-state index in [1.807, 2.05) is 18.2 Å². The lowest BCUT2D eigenvalue weighted by Crippen LogP contribution is -2.10. The zero-order valence-electron chi connectivity index (χ0n) is 33.7. The molecule has 0 radical (unpaired) electrons. The fourth-order valence-electron chi connectivity index (χ4n) is 10.2. The molecule has 2 aliphatic rings. The quantitative estimate of drug-likeness (QED) is 0.173. The van der Waals surface area contributed by atoms with Gasteiger partial charge in [0.25, 0.3) is 0 Å². The second kappa shape index (κ2) is 13.3. The van der Waals surface area contributed by atoms with Crippen LogP contribution in [-0.2, 0) is 0 Å². The molecule has 4 aromatic heterocycles. The topological polar surface area (TPSA) is 65.0 Å². The number of hydrogen-bond acceptors (Lipinski definition) is 6. The van der Waals surface area contributed by atoms with Gasteiger partial charge in [-0.15, -0.1) is 11.3 Å². The van der Waals surface area contributed by atoms with Gasteiger partial charge in [-0.2, -0.15) is 0 Å². The molecule has 0 fully saturated rings. The van der Waals surface area contributed by atoms with E-state index in [9.17, 15) is 0 Å². The van der Waals surface area contributed by atoms with Crippen LogP contribution in [0.15, 0.2) is 185 Å². The molecule has 294 valence electrons. The zero-order chi connectivity index (χ0) is 41.2. The summed E-state index contributed by atoms with van der Waals surface area (Å²) in [5.41, 5.74) is 15.3. The molecular formula is C57H33N3O2S. The van der Waals surface area contributed by atoms with Crippen molar-refractivity contribution in [3.8, 4) is 67.5 Å². The van der Waals surface area contributed by atoms with E-state index in [1.165, 1.54) is 54.2 Å². The Kier molecular flexibility index (Phi) is 7.33. The van der Waals surface area contributed by atoms with Crippen LogP contribution in [0.25, 0.3) is 127 Å². The van der Waals surface area contributed by atoms with Crippen molar-refractivity contribution in [1.29, 1.82) is 0 Å². The lowest BCUT2D eigenvalue weighted by atomic mass is 9.73. The Hall–Kier alpha value is -7.93. The Labute approximate surface area is 365 Å². The Morgan fingerprint density at radius 2 is 1.19 bits per heavy atom. The molecule has 8 aromatic carbocycles. The molecule has 0 saturated carbocycles. The number of hydrogen-bond donors (Lipinski definition) is 0. The average Bonchev–Trinajstić information content (AvgIpc) is 4.05. The van der Waals surface area contributed by atoms with Crippen molar-refractivity contribution >= 4 is 70.5 Å². The lowest BCUT2D eigenvalue weighted by Gasteiger charge is -2.29. The van der Waals surface area contributed by atoms with E-state index in [4.69, 9.17) is 23.8 Å². The Morgan fingerprint density at radius 1 is 0.460 bits per heavy atom. The molecule has 1 unspecified atom stereocenters. The first-order valence-electron chi connectivity index (χ1n) is 21.3. The van der Waals surface area contributed by atoms with Crippen LogP contribution >= 0.6 is 11.3 Å². The van der Waals surface area contributed by atoms with Crippen LogP contribution in [0, 0.1) is 0 Å². The average molecular weight is 824 g/mol. The molecular weight excluding hydrogens is 791 g/mol. The zero-order valence-corrected chi connectivity index (χ0v) is 34.5. The summed E-state index contributed by atoms with van der Waals surface area (Å²) >= 11 is 1.78. The van der Waals surface area contributed by atoms with Crippen LogP contribution in [0.2, 0.25) is 0 Å². The van der Waals surface area contributed by atoms with Crippen molar-refractivity contribution in [3.63, 3.8) is 0 Å². The van der Waals surface area contributed by atoms with Crippen LogP contribution in [-0.4, -0.2) is 15.0 Å². The minimum atomic E-state index is 0.259. The van der Waals surface area contributed by atoms with E-state index in [0.717, 1.165) is 72.2 Å². The van der Waals surface area contributed by atoms with Crippen molar-refractivity contribution in [2.45, 2.75) is 12.3 Å². The van der Waals surface area contributed by atoms with E-state index < -0.39 is 0 Å². The number of thiophene rings is 1. The predicted molar refractivity (Wildman–Crippen MR) is 258 cm³/mol. The SMILES string of the molecule is C1=Cc2oc3ccc(-c4ccccc4)c4c3c2C(C1)c1ccc(-c2ccc(-c3nc(-c5ccc6c(c5)oc5ccccc56)nc(-c5cccc6c5sc5ccccc56)n3)cc2)cc1-4. The van der Waals surface area contributed by atoms with Gasteiger partial charge in [0.15, 0.2) is 17.5 Å². The summed E-state index contributed by atoms with van der Waals surface area (Å²) in [7, 11) is 0. The first-order valence-corrected chi connectivity index (χ1v) is 22.2. The number of nitrogens with zero attached hydrogens (tertiary/aromatic N) is 3. The molecule has 1 atom stereocenters. The first-order chi connectivity index (χ1) is 31.2. The smallest absolute Gasteiger partial charge is 0.165 e. The Morgan fingerprint density at radius 3 is 2.10 bits per heavy atom. The number of para-hydroxylation sites is 1. The van der Waals surface area contributed by atoms with Crippen molar-refractivity contribution in [3.05, 3.63) is 193 Å². The molecule has 0 spiro atoms. The number of furan rings is 2. The van der Waals surface area contributed by atoms with Gasteiger partial charge in [0, 0.05) is 70.1 Å². The van der Waals surface area contributed by atoms with Gasteiger partial charge in [-0.05, 0) is 88.3 Å². The minimum absolute atomic E-state index is 0.259. The minimum Gasteiger partial charge on any atom is -0.456 e. The van der Waals surface area contributed by atoms with E-state index in [-0.39, 0.29) is 5.92 Å². The van der Waals surface area contributed by atoms with Gasteiger partial charge in [0.2, 0.25) is 0 Å². The van der Waals surface area contributed by atoms with Crippen LogP contribution < -0.4 is 0 Å². The van der Waals surface area contributed by atoms with Gasteiger partial charge in [0.1, 0.15) is 22.5 Å². The molecule has 2 aliphatic carbocycles. The number of fused-ring (bicyclic) bond motifs is 9. The maximum absolute atomic E-state index is 6.51. The highest BCUT2D eigenvalue weighted by Gasteiger charge is 2.34. The summed E-state index contributed by atoms with van der Waals surface area (Å²) in [6.07, 6.45) is 5.37. The maximum Gasteiger partial charge on any atom is 0.165 e. The molecule has 12 aromatic rings. The van der Waals surface area contributed by atoms with Gasteiger partial charge in [0.05, 0.1) is 0 Å². The Bertz CT molecular complexity index is 3890. The molecule has 0 aliphatic heterocycles. The van der Waals surface area contributed by atoms with E-state index in [2.05, 4.69) is 164 Å². The number of benzene rings is 8. The van der Waals surface area contributed by atoms with Gasteiger partial charge in [-0.1, -0.05) is 133 Å². The molecule has 14 rings (SSSR count). The summed E-state index contributed by atoms with van der Waals surface area (Å²) in [6, 6.07) is 60.2. The molecule has 6 heteroatoms. The summed E-state index contributed by atoms with van der Waals surface area (Å²) in [4.78, 5) is 15.6. The monoisotopic (exact) mass is 823 g/mol. The van der Waals surface area contributed by atoms with Crippen LogP contribution in [0.4, 0.5) is 0 Å². The van der Waals surface area contributed by atoms with Gasteiger partial charge < -0.3 is 8.83 Å². The highest BCUT2D eigenvalue weighted by atomic mass is 32.1. The van der Waals surface area contributed by atoms with Crippen molar-refractivity contribution in [1.82, 2.24) is 15.0 Å². The number of rotatable bonds is 5. The van der Waals surface area contributed by atoms with E-state index in [0.29, 0.717) is 17.5 Å². The number of allylic oxidation sites excluding steroid dienone is 1. The summed E-state index contributed by atoms with van der Waals surface area (Å²) in [5, 5.41) is 5.83. The van der Waals surface area contributed by atoms with E-state index >= 15 is 0 Å². The molecule has 0 bridgehead atoms. The van der Waals surface area contributed by atoms with Gasteiger partial charge in [-0.25, -0.2) is 15.0 Å². The summed E-state index contributed by atoms with van der Waals surface area (Å²) in [6.45, 7) is 0. The van der Waals surface area contributed by atoms with Crippen molar-refractivity contribution < 1.29 is 8.83 Å². The van der Waals surface area contributed by atoms with Crippen molar-refractivity contribution in [2.24, 2.45) is 0 Å².